The fourth-order valence-electron chi connectivity index (χ4n) is 3.63. The third kappa shape index (κ3) is 4.91. The first-order chi connectivity index (χ1) is 14.6. The molecule has 2 amide bonds. The van der Waals surface area contributed by atoms with Gasteiger partial charge in [-0.2, -0.15) is 0 Å². The molecule has 2 atom stereocenters. The van der Waals surface area contributed by atoms with Gasteiger partial charge in [0.15, 0.2) is 0 Å². The largest absolute Gasteiger partial charge is 0.444 e. The second kappa shape index (κ2) is 9.44. The number of nitrogens with one attached hydrogen (secondary N) is 2. The number of aromatic nitrogens is 1. The van der Waals surface area contributed by atoms with Crippen molar-refractivity contribution in [1.29, 1.82) is 0 Å². The van der Waals surface area contributed by atoms with Crippen LogP contribution in [0.3, 0.4) is 0 Å². The highest BCUT2D eigenvalue weighted by Gasteiger charge is 2.33. The number of halogens is 1. The zero-order valence-electron chi connectivity index (χ0n) is 16.3. The summed E-state index contributed by atoms with van der Waals surface area (Å²) < 4.78 is 6.23. The number of hydroxylamine groups is 1. The predicted octanol–water partition coefficient (Wildman–Crippen LogP) is 2.98. The van der Waals surface area contributed by atoms with Gasteiger partial charge in [-0.25, -0.2) is 4.79 Å². The maximum absolute atomic E-state index is 12.7. The van der Waals surface area contributed by atoms with E-state index in [9.17, 15) is 9.59 Å². The molecule has 0 spiro atoms. The van der Waals surface area contributed by atoms with Crippen LogP contribution < -0.4 is 10.8 Å². The number of carbonyl (C=O) groups excluding carboxylic acids is 2. The minimum Gasteiger partial charge on any atom is -0.444 e. The molecule has 0 unspecified atom stereocenters. The summed E-state index contributed by atoms with van der Waals surface area (Å²) in [6.45, 7) is 0.935. The molecule has 2 N–H and O–H groups in total. The van der Waals surface area contributed by atoms with Gasteiger partial charge in [0, 0.05) is 23.7 Å². The van der Waals surface area contributed by atoms with Gasteiger partial charge in [0.05, 0.1) is 12.1 Å². The minimum absolute atomic E-state index is 0.113. The first-order valence-electron chi connectivity index (χ1n) is 9.94. The number of fused-ring (bicyclic) bond motifs is 1. The number of rotatable bonds is 5. The standard InChI is InChI=1S/C21H23BrN4O4/c22-19-10-16(30-25-19)12-24-20(27)18-7-3-4-8-26(18)21(28)29-13-14-9-15-5-1-2-6-17(15)23-11-14/h1-2,5-6,9-11,16,18,25H,3-4,7-8,12-13H2,(H,24,27)/t16-,18-/m0/s1. The number of ether oxygens (including phenoxy) is 1. The lowest BCUT2D eigenvalue weighted by Gasteiger charge is -2.33. The second-order valence-electron chi connectivity index (χ2n) is 7.31. The predicted molar refractivity (Wildman–Crippen MR) is 114 cm³/mol. The van der Waals surface area contributed by atoms with Gasteiger partial charge in [-0.1, -0.05) is 18.2 Å². The first-order valence-corrected chi connectivity index (χ1v) is 10.7. The summed E-state index contributed by atoms with van der Waals surface area (Å²) in [5.74, 6) is -0.195. The van der Waals surface area contributed by atoms with Gasteiger partial charge in [-0.15, -0.1) is 0 Å². The topological polar surface area (TPSA) is 92.8 Å². The lowest BCUT2D eigenvalue weighted by atomic mass is 10.0. The van der Waals surface area contributed by atoms with Crippen molar-refractivity contribution < 1.29 is 19.2 Å². The van der Waals surface area contributed by atoms with Crippen molar-refractivity contribution in [2.24, 2.45) is 0 Å². The van der Waals surface area contributed by atoms with E-state index in [0.717, 1.165) is 33.9 Å². The van der Waals surface area contributed by atoms with Crippen LogP contribution in [0, 0.1) is 0 Å². The SMILES string of the molecule is O=C(NC[C@@H]1C=C(Br)NO1)[C@@H]1CCCCN1C(=O)OCc1cnc2ccccc2c1. The monoisotopic (exact) mass is 474 g/mol. The molecular formula is C21H23BrN4O4. The lowest BCUT2D eigenvalue weighted by Crippen LogP contribution is -2.52. The van der Waals surface area contributed by atoms with Gasteiger partial charge in [0.25, 0.3) is 0 Å². The maximum Gasteiger partial charge on any atom is 0.410 e. The van der Waals surface area contributed by atoms with Crippen molar-refractivity contribution in [3.8, 4) is 0 Å². The third-order valence-corrected chi connectivity index (χ3v) is 5.59. The average Bonchev–Trinajstić information content (AvgIpc) is 3.20. The van der Waals surface area contributed by atoms with Crippen molar-refractivity contribution in [3.63, 3.8) is 0 Å². The van der Waals surface area contributed by atoms with Gasteiger partial charge in [0.2, 0.25) is 5.91 Å². The van der Waals surface area contributed by atoms with E-state index in [4.69, 9.17) is 9.57 Å². The van der Waals surface area contributed by atoms with E-state index in [-0.39, 0.29) is 18.6 Å². The van der Waals surface area contributed by atoms with Crippen molar-refractivity contribution in [2.45, 2.75) is 38.0 Å². The summed E-state index contributed by atoms with van der Waals surface area (Å²) >= 11 is 3.28. The van der Waals surface area contributed by atoms with Gasteiger partial charge in [0.1, 0.15) is 23.4 Å². The number of hydrogen-bond acceptors (Lipinski definition) is 6. The summed E-state index contributed by atoms with van der Waals surface area (Å²) in [6.07, 6.45) is 5.15. The summed E-state index contributed by atoms with van der Waals surface area (Å²) in [5, 5.41) is 3.86. The smallest absolute Gasteiger partial charge is 0.410 e. The van der Waals surface area contributed by atoms with Crippen molar-refractivity contribution >= 4 is 38.8 Å². The molecule has 2 aliphatic heterocycles. The zero-order valence-corrected chi connectivity index (χ0v) is 17.9. The summed E-state index contributed by atoms with van der Waals surface area (Å²) in [7, 11) is 0. The Labute approximate surface area is 182 Å². The number of likely N-dealkylation sites (tertiary alicyclic amines) is 1. The number of piperidine rings is 1. The normalized spacial score (nSPS) is 21.1. The Morgan fingerprint density at radius 2 is 2.20 bits per heavy atom. The van der Waals surface area contributed by atoms with Crippen LogP contribution in [0.5, 0.6) is 0 Å². The molecule has 1 aromatic carbocycles. The van der Waals surface area contributed by atoms with E-state index in [2.05, 4.69) is 31.7 Å². The molecule has 1 saturated heterocycles. The fraction of sp³-hybridized carbons (Fsp3) is 0.381. The molecular weight excluding hydrogens is 452 g/mol. The molecule has 30 heavy (non-hydrogen) atoms. The third-order valence-electron chi connectivity index (χ3n) is 5.17. The van der Waals surface area contributed by atoms with Crippen LogP contribution in [0.25, 0.3) is 10.9 Å². The van der Waals surface area contributed by atoms with E-state index < -0.39 is 12.1 Å². The summed E-state index contributed by atoms with van der Waals surface area (Å²) in [5.41, 5.74) is 4.38. The molecule has 0 radical (unpaired) electrons. The number of para-hydroxylation sites is 1. The molecule has 8 nitrogen and oxygen atoms in total. The van der Waals surface area contributed by atoms with Crippen LogP contribution in [-0.4, -0.2) is 47.1 Å². The van der Waals surface area contributed by atoms with Crippen LogP contribution >= 0.6 is 15.9 Å². The number of carbonyl (C=O) groups is 2. The van der Waals surface area contributed by atoms with Crippen LogP contribution in [0.15, 0.2) is 47.2 Å². The molecule has 0 bridgehead atoms. The molecule has 4 rings (SSSR count). The van der Waals surface area contributed by atoms with Crippen molar-refractivity contribution in [2.75, 3.05) is 13.1 Å². The zero-order chi connectivity index (χ0) is 20.9. The van der Waals surface area contributed by atoms with Gasteiger partial charge in [-0.05, 0) is 53.4 Å². The number of pyridine rings is 1. The Morgan fingerprint density at radius 1 is 1.33 bits per heavy atom. The summed E-state index contributed by atoms with van der Waals surface area (Å²) in [6, 6.07) is 9.19. The molecule has 0 aliphatic carbocycles. The summed E-state index contributed by atoms with van der Waals surface area (Å²) in [4.78, 5) is 36.6. The van der Waals surface area contributed by atoms with Crippen molar-refractivity contribution in [3.05, 3.63) is 52.8 Å². The Morgan fingerprint density at radius 3 is 3.03 bits per heavy atom. The van der Waals surface area contributed by atoms with E-state index in [1.807, 2.05) is 36.4 Å². The highest BCUT2D eigenvalue weighted by molar-refractivity contribution is 9.11. The van der Waals surface area contributed by atoms with Crippen molar-refractivity contribution in [1.82, 2.24) is 20.7 Å². The van der Waals surface area contributed by atoms with E-state index in [1.54, 1.807) is 6.20 Å². The average molecular weight is 475 g/mol. The maximum atomic E-state index is 12.7. The molecule has 158 valence electrons. The molecule has 2 aliphatic rings. The van der Waals surface area contributed by atoms with E-state index in [1.165, 1.54) is 4.90 Å². The first kappa shape index (κ1) is 20.6. The number of amides is 2. The number of hydrogen-bond donors (Lipinski definition) is 2. The highest BCUT2D eigenvalue weighted by atomic mass is 79.9. The van der Waals surface area contributed by atoms with Crippen LogP contribution in [0.1, 0.15) is 24.8 Å². The minimum atomic E-state index is -0.539. The van der Waals surface area contributed by atoms with E-state index in [0.29, 0.717) is 19.5 Å². The lowest BCUT2D eigenvalue weighted by molar-refractivity contribution is -0.127. The Kier molecular flexibility index (Phi) is 6.49. The number of nitrogens with zero attached hydrogens (tertiary/aromatic N) is 2. The molecule has 2 aromatic rings. The van der Waals surface area contributed by atoms with E-state index >= 15 is 0 Å². The Hall–Kier alpha value is -2.65. The van der Waals surface area contributed by atoms with Gasteiger partial charge >= 0.3 is 6.09 Å². The number of benzene rings is 1. The van der Waals surface area contributed by atoms with Gasteiger partial charge in [-0.3, -0.25) is 25.0 Å². The van der Waals surface area contributed by atoms with Crippen LogP contribution in [0.4, 0.5) is 4.79 Å². The quantitative estimate of drug-likeness (QED) is 0.647. The molecule has 1 fully saturated rings. The second-order valence-corrected chi connectivity index (χ2v) is 8.17. The Bertz CT molecular complexity index is 967. The van der Waals surface area contributed by atoms with Gasteiger partial charge < -0.3 is 10.1 Å². The van der Waals surface area contributed by atoms with Crippen LogP contribution in [0.2, 0.25) is 0 Å². The molecule has 1 aromatic heterocycles. The highest BCUT2D eigenvalue weighted by Crippen LogP contribution is 2.20. The fourth-order valence-corrected chi connectivity index (χ4v) is 4.02. The van der Waals surface area contributed by atoms with Crippen LogP contribution in [-0.2, 0) is 21.0 Å². The molecule has 9 heteroatoms. The molecule has 0 saturated carbocycles. The molecule has 3 heterocycles. The Balaban J connectivity index is 1.34.